The predicted octanol–water partition coefficient (Wildman–Crippen LogP) is -2.54. The second kappa shape index (κ2) is 7.41. The van der Waals surface area contributed by atoms with Crippen molar-refractivity contribution >= 4 is 10.6 Å². The minimum atomic E-state index is -3.11. The van der Waals surface area contributed by atoms with Gasteiger partial charge in [0.1, 0.15) is 17.7 Å². The Balaban J connectivity index is 0.000000429. The topological polar surface area (TPSA) is 121 Å². The molecule has 5 aliphatic rings. The van der Waals surface area contributed by atoms with Gasteiger partial charge in [-0.2, -0.15) is 0 Å². The van der Waals surface area contributed by atoms with Crippen LogP contribution in [0.2, 0.25) is 0 Å². The average molecular weight is 518 g/mol. The van der Waals surface area contributed by atoms with Gasteiger partial charge in [0.25, 0.3) is 0 Å². The van der Waals surface area contributed by atoms with Gasteiger partial charge in [-0.1, -0.05) is 6.07 Å². The van der Waals surface area contributed by atoms with Gasteiger partial charge < -0.3 is 41.5 Å². The highest BCUT2D eigenvalue weighted by Gasteiger charge is 2.76. The lowest BCUT2D eigenvalue weighted by molar-refractivity contribution is -0.950. The maximum absolute atomic E-state index is 12.2. The van der Waals surface area contributed by atoms with Crippen LogP contribution in [-0.4, -0.2) is 76.4 Å². The molecule has 2 aliphatic heterocycles. The van der Waals surface area contributed by atoms with Gasteiger partial charge in [0.05, 0.1) is 31.7 Å². The summed E-state index contributed by atoms with van der Waals surface area (Å²) in [6.45, 7) is 2.15. The first-order chi connectivity index (χ1) is 14.1. The van der Waals surface area contributed by atoms with Gasteiger partial charge in [-0.15, -0.1) is 12.6 Å². The quantitative estimate of drug-likeness (QED) is 0.369. The summed E-state index contributed by atoms with van der Waals surface area (Å²) in [5, 5.41) is 33.4. The smallest absolute Gasteiger partial charge is 0.425 e. The number of aromatic hydroxyl groups is 1. The summed E-state index contributed by atoms with van der Waals surface area (Å²) < 4.78 is 32.4. The van der Waals surface area contributed by atoms with Gasteiger partial charge in [-0.05, 0) is 37.3 Å². The Labute approximate surface area is 193 Å². The lowest BCUT2D eigenvalue weighted by Crippen LogP contribution is -3.00. The number of nitrogens with zero attached hydrogens (tertiary/aromatic N) is 1. The number of piperidine rings is 1. The molecule has 3 aliphatic carbocycles. The zero-order chi connectivity index (χ0) is 21.5. The van der Waals surface area contributed by atoms with Crippen molar-refractivity contribution in [2.24, 2.45) is 5.92 Å². The van der Waals surface area contributed by atoms with E-state index in [1.165, 1.54) is 18.4 Å². The molecular formula is C21H28BrNO7S. The zero-order valence-corrected chi connectivity index (χ0v) is 19.7. The zero-order valence-electron chi connectivity index (χ0n) is 17.3. The largest absolute Gasteiger partial charge is 1.00 e. The Morgan fingerprint density at radius 1 is 1.19 bits per heavy atom. The van der Waals surface area contributed by atoms with Crippen molar-refractivity contribution in [3.63, 3.8) is 0 Å². The fraction of sp³-hybridized carbons (Fsp3) is 0.714. The van der Waals surface area contributed by atoms with E-state index in [0.29, 0.717) is 18.6 Å². The molecule has 1 aromatic carbocycles. The number of benzene rings is 1. The maximum Gasteiger partial charge on any atom is 0.425 e. The summed E-state index contributed by atoms with van der Waals surface area (Å²) >= 11 is 0. The molecule has 31 heavy (non-hydrogen) atoms. The highest BCUT2D eigenvalue weighted by Crippen LogP contribution is 2.66. The maximum atomic E-state index is 12.2. The third-order valence-corrected chi connectivity index (χ3v) is 8.45. The lowest BCUT2D eigenvalue weighted by atomic mass is 9.48. The van der Waals surface area contributed by atoms with Crippen molar-refractivity contribution in [1.29, 1.82) is 0 Å². The van der Waals surface area contributed by atoms with E-state index in [1.807, 2.05) is 6.07 Å². The number of hydrogen-bond donors (Lipinski definition) is 3. The van der Waals surface area contributed by atoms with E-state index >= 15 is 0 Å². The summed E-state index contributed by atoms with van der Waals surface area (Å²) in [4.78, 5) is 0. The predicted molar refractivity (Wildman–Crippen MR) is 105 cm³/mol. The summed E-state index contributed by atoms with van der Waals surface area (Å²) in [5.74, 6) is 1.46. The summed E-state index contributed by atoms with van der Waals surface area (Å²) in [6.07, 6.45) is 4.44. The second-order valence-electron chi connectivity index (χ2n) is 9.99. The van der Waals surface area contributed by atoms with Crippen LogP contribution in [0.1, 0.15) is 43.2 Å². The molecule has 8 nitrogen and oxygen atoms in total. The number of rotatable bonds is 2. The molecule has 6 atom stereocenters. The molecule has 2 bridgehead atoms. The van der Waals surface area contributed by atoms with Gasteiger partial charge in [0.15, 0.2) is 11.5 Å². The van der Waals surface area contributed by atoms with Crippen molar-refractivity contribution in [1.82, 2.24) is 0 Å². The van der Waals surface area contributed by atoms with Gasteiger partial charge in [0.2, 0.25) is 0 Å². The van der Waals surface area contributed by atoms with Gasteiger partial charge >= 0.3 is 10.6 Å². The van der Waals surface area contributed by atoms with Crippen molar-refractivity contribution in [2.75, 3.05) is 20.1 Å². The second-order valence-corrected chi connectivity index (χ2v) is 10.4. The molecule has 0 amide bonds. The van der Waals surface area contributed by atoms with E-state index in [0.717, 1.165) is 41.9 Å². The molecule has 0 radical (unpaired) electrons. The van der Waals surface area contributed by atoms with E-state index in [4.69, 9.17) is 17.4 Å². The molecule has 1 spiro atoms. The van der Waals surface area contributed by atoms with Crippen molar-refractivity contribution in [2.45, 2.75) is 67.8 Å². The van der Waals surface area contributed by atoms with Crippen LogP contribution in [0.5, 0.6) is 11.5 Å². The number of phenolic OH excluding ortho intramolecular Hbond substituents is 1. The monoisotopic (exact) mass is 517 g/mol. The number of aliphatic hydroxyl groups is 2. The first-order valence-electron chi connectivity index (χ1n) is 10.7. The third-order valence-electron chi connectivity index (χ3n) is 8.45. The third kappa shape index (κ3) is 3.09. The number of aliphatic hydroxyl groups excluding tert-OH is 1. The Morgan fingerprint density at radius 2 is 1.87 bits per heavy atom. The highest BCUT2D eigenvalue weighted by atomic mass is 79.9. The van der Waals surface area contributed by atoms with Crippen molar-refractivity contribution in [3.05, 3.63) is 23.3 Å². The minimum absolute atomic E-state index is 0. The molecule has 6 rings (SSSR count). The standard InChI is InChI=1S/C21H27NO4.BrH.O3S/c1-22(11-12-2-3-12)9-8-20-17-13-4-5-14(23)18(17)26-19(20)15(24)6-7-21(20,25)16(22)10-13;;1-4(2)3/h4-5,12,15-16,19,24-25H,2-3,6-11H2,1H3;1H;/t15-,16-,19+,20+,21-,22?;;/m1../s1. The van der Waals surface area contributed by atoms with Crippen LogP contribution in [0.3, 0.4) is 0 Å². The number of likely N-dealkylation sites (N-methyl/N-ethyl adjacent to an activating group) is 1. The van der Waals surface area contributed by atoms with Gasteiger partial charge in [-0.3, -0.25) is 0 Å². The van der Waals surface area contributed by atoms with Crippen LogP contribution >= 0.6 is 0 Å². The Hall–Kier alpha value is -1.20. The number of quaternary nitrogens is 1. The van der Waals surface area contributed by atoms with Crippen molar-refractivity contribution in [3.8, 4) is 11.5 Å². The number of ether oxygens (including phenoxy) is 1. The molecule has 1 unspecified atom stereocenters. The van der Waals surface area contributed by atoms with Gasteiger partial charge in [0, 0.05) is 24.3 Å². The highest BCUT2D eigenvalue weighted by molar-refractivity contribution is 7.59. The van der Waals surface area contributed by atoms with E-state index in [9.17, 15) is 15.3 Å². The SMILES string of the molecule is C[N+]1(CC2CC2)CC[C@]23c4c5ccc(O)c4O[C@H]2[C@H](O)CC[C@@]3(O)[C@H]1C5.O=S(=O)=O.[Br-]. The number of halogens is 1. The first-order valence-corrected chi connectivity index (χ1v) is 11.7. The molecular weight excluding hydrogens is 490 g/mol. The molecule has 10 heteroatoms. The molecule has 1 saturated heterocycles. The molecule has 172 valence electrons. The Bertz CT molecular complexity index is 1010. The van der Waals surface area contributed by atoms with Crippen LogP contribution in [-0.2, 0) is 22.4 Å². The summed E-state index contributed by atoms with van der Waals surface area (Å²) in [5.41, 5.74) is 0.755. The molecule has 1 aromatic rings. The average Bonchev–Trinajstić information content (AvgIpc) is 3.39. The summed E-state index contributed by atoms with van der Waals surface area (Å²) in [6, 6.07) is 3.88. The van der Waals surface area contributed by atoms with Crippen LogP contribution in [0.15, 0.2) is 12.1 Å². The Kier molecular flexibility index (Phi) is 5.49. The minimum Gasteiger partial charge on any atom is -1.00 e. The molecule has 3 N–H and O–H groups in total. The van der Waals surface area contributed by atoms with Crippen molar-refractivity contribution < 1.29 is 54.1 Å². The van der Waals surface area contributed by atoms with Crippen LogP contribution < -0.4 is 21.7 Å². The normalized spacial score (nSPS) is 41.1. The number of phenols is 1. The fourth-order valence-electron chi connectivity index (χ4n) is 7.13. The number of likely N-dealkylation sites (tertiary alicyclic amines) is 1. The van der Waals surface area contributed by atoms with Gasteiger partial charge in [-0.25, -0.2) is 0 Å². The molecule has 2 saturated carbocycles. The Morgan fingerprint density at radius 3 is 2.52 bits per heavy atom. The van der Waals surface area contributed by atoms with E-state index in [2.05, 4.69) is 7.05 Å². The lowest BCUT2D eigenvalue weighted by Gasteiger charge is -2.65. The van der Waals surface area contributed by atoms with E-state index < -0.39 is 33.8 Å². The van der Waals surface area contributed by atoms with E-state index in [-0.39, 0.29) is 28.8 Å². The van der Waals surface area contributed by atoms with E-state index in [1.54, 1.807) is 6.07 Å². The fourth-order valence-corrected chi connectivity index (χ4v) is 7.13. The summed E-state index contributed by atoms with van der Waals surface area (Å²) in [7, 11) is -0.782. The van der Waals surface area contributed by atoms with Crippen LogP contribution in [0, 0.1) is 5.92 Å². The molecule has 3 fully saturated rings. The molecule has 2 heterocycles. The van der Waals surface area contributed by atoms with Crippen LogP contribution in [0.4, 0.5) is 0 Å². The number of hydrogen-bond acceptors (Lipinski definition) is 7. The molecule has 0 aromatic heterocycles. The first kappa shape index (κ1) is 23.0. The van der Waals surface area contributed by atoms with Crippen LogP contribution in [0.25, 0.3) is 0 Å².